The van der Waals surface area contributed by atoms with Crippen LogP contribution in [0.15, 0.2) is 41.3 Å². The van der Waals surface area contributed by atoms with E-state index in [1.54, 1.807) is 0 Å². The van der Waals surface area contributed by atoms with Gasteiger partial charge in [-0.15, -0.1) is 0 Å². The van der Waals surface area contributed by atoms with E-state index in [9.17, 15) is 22.4 Å². The zero-order valence-electron chi connectivity index (χ0n) is 15.0. The molecule has 9 heteroatoms. The molecule has 1 aliphatic rings. The van der Waals surface area contributed by atoms with E-state index >= 15 is 0 Å². The summed E-state index contributed by atoms with van der Waals surface area (Å²) in [5.41, 5.74) is 0.294. The van der Waals surface area contributed by atoms with Crippen molar-refractivity contribution in [2.75, 3.05) is 22.5 Å². The van der Waals surface area contributed by atoms with E-state index in [-0.39, 0.29) is 38.5 Å². The summed E-state index contributed by atoms with van der Waals surface area (Å²) >= 11 is 6.04. The van der Waals surface area contributed by atoms with Crippen LogP contribution in [0.4, 0.5) is 15.8 Å². The Morgan fingerprint density at radius 1 is 1.25 bits per heavy atom. The number of halogens is 2. The maximum Gasteiger partial charge on any atom is 0.257 e. The number of rotatable bonds is 5. The quantitative estimate of drug-likeness (QED) is 0.794. The van der Waals surface area contributed by atoms with Crippen molar-refractivity contribution in [2.45, 2.75) is 24.7 Å². The van der Waals surface area contributed by atoms with E-state index < -0.39 is 21.6 Å². The predicted molar refractivity (Wildman–Crippen MR) is 105 cm³/mol. The van der Waals surface area contributed by atoms with Crippen LogP contribution in [0.5, 0.6) is 0 Å². The van der Waals surface area contributed by atoms with Gasteiger partial charge in [-0.2, -0.15) is 0 Å². The number of carbonyl (C=O) groups excluding carboxylic acids is 2. The molecule has 2 aromatic carbocycles. The number of hydrogen-bond donors (Lipinski definition) is 1. The van der Waals surface area contributed by atoms with Gasteiger partial charge in [0, 0.05) is 18.7 Å². The number of hydrogen-bond acceptors (Lipinski definition) is 4. The first-order valence-electron chi connectivity index (χ1n) is 8.66. The van der Waals surface area contributed by atoms with E-state index in [0.29, 0.717) is 19.4 Å². The third kappa shape index (κ3) is 4.02. The molecule has 0 bridgehead atoms. The molecule has 0 unspecified atom stereocenters. The topological polar surface area (TPSA) is 83.6 Å². The van der Waals surface area contributed by atoms with Crippen molar-refractivity contribution < 1.29 is 22.4 Å². The van der Waals surface area contributed by atoms with E-state index in [1.165, 1.54) is 42.2 Å². The third-order valence-electron chi connectivity index (χ3n) is 4.49. The second-order valence-electron chi connectivity index (χ2n) is 6.31. The van der Waals surface area contributed by atoms with Gasteiger partial charge < -0.3 is 10.2 Å². The van der Waals surface area contributed by atoms with Crippen molar-refractivity contribution in [1.29, 1.82) is 0 Å². The van der Waals surface area contributed by atoms with E-state index in [4.69, 9.17) is 11.6 Å². The molecule has 28 heavy (non-hydrogen) atoms. The molecule has 0 saturated carbocycles. The molecule has 0 radical (unpaired) electrons. The predicted octanol–water partition coefficient (Wildman–Crippen LogP) is 3.65. The van der Waals surface area contributed by atoms with Gasteiger partial charge in [0.1, 0.15) is 5.82 Å². The Labute approximate surface area is 167 Å². The number of anilines is 2. The molecule has 1 N–H and O–H groups in total. The third-order valence-corrected chi connectivity index (χ3v) is 6.55. The standard InChI is InChI=1S/C19H18ClFN2O4S/c1-2-28(26,27)13-6-7-15(20)14(11-13)19(25)22-12-5-8-17(16(21)10-12)23-9-3-4-18(23)24/h5-8,10-11H,2-4,9H2,1H3,(H,22,25). The highest BCUT2D eigenvalue weighted by molar-refractivity contribution is 7.91. The fourth-order valence-corrected chi connectivity index (χ4v) is 4.05. The number of sulfone groups is 1. The monoisotopic (exact) mass is 424 g/mol. The number of nitrogens with one attached hydrogen (secondary N) is 1. The molecule has 1 heterocycles. The Morgan fingerprint density at radius 3 is 2.61 bits per heavy atom. The molecule has 1 aliphatic heterocycles. The molecule has 2 amide bonds. The van der Waals surface area contributed by atoms with Crippen LogP contribution in [0.1, 0.15) is 30.1 Å². The van der Waals surface area contributed by atoms with Crippen LogP contribution < -0.4 is 10.2 Å². The van der Waals surface area contributed by atoms with E-state index in [0.717, 1.165) is 6.07 Å². The summed E-state index contributed by atoms with van der Waals surface area (Å²) in [6.45, 7) is 1.95. The summed E-state index contributed by atoms with van der Waals surface area (Å²) < 4.78 is 38.5. The maximum absolute atomic E-state index is 14.4. The van der Waals surface area contributed by atoms with Crippen LogP contribution in [0.25, 0.3) is 0 Å². The maximum atomic E-state index is 14.4. The van der Waals surface area contributed by atoms with Crippen molar-refractivity contribution in [3.8, 4) is 0 Å². The van der Waals surface area contributed by atoms with Crippen LogP contribution >= 0.6 is 11.6 Å². The van der Waals surface area contributed by atoms with Gasteiger partial charge in [-0.25, -0.2) is 12.8 Å². The second-order valence-corrected chi connectivity index (χ2v) is 9.00. The number of nitrogens with zero attached hydrogens (tertiary/aromatic N) is 1. The van der Waals surface area contributed by atoms with Crippen molar-refractivity contribution in [3.05, 3.63) is 52.8 Å². The lowest BCUT2D eigenvalue weighted by molar-refractivity contribution is -0.117. The molecule has 0 atom stereocenters. The van der Waals surface area contributed by atoms with Gasteiger partial charge in [-0.3, -0.25) is 9.59 Å². The van der Waals surface area contributed by atoms with Crippen LogP contribution in [-0.4, -0.2) is 32.5 Å². The van der Waals surface area contributed by atoms with Gasteiger partial charge in [-0.1, -0.05) is 18.5 Å². The zero-order chi connectivity index (χ0) is 20.5. The van der Waals surface area contributed by atoms with Gasteiger partial charge in [0.2, 0.25) is 5.91 Å². The highest BCUT2D eigenvalue weighted by atomic mass is 35.5. The molecular weight excluding hydrogens is 407 g/mol. The Morgan fingerprint density at radius 2 is 2.00 bits per heavy atom. The summed E-state index contributed by atoms with van der Waals surface area (Å²) in [6.07, 6.45) is 1.06. The molecule has 148 valence electrons. The minimum Gasteiger partial charge on any atom is -0.322 e. The van der Waals surface area contributed by atoms with Crippen LogP contribution in [0.3, 0.4) is 0 Å². The molecule has 2 aromatic rings. The Balaban J connectivity index is 1.84. The average Bonchev–Trinajstić information content (AvgIpc) is 3.07. The molecule has 1 saturated heterocycles. The molecule has 6 nitrogen and oxygen atoms in total. The zero-order valence-corrected chi connectivity index (χ0v) is 16.6. The van der Waals surface area contributed by atoms with Gasteiger partial charge in [0.05, 0.1) is 26.9 Å². The lowest BCUT2D eigenvalue weighted by atomic mass is 10.2. The van der Waals surface area contributed by atoms with Gasteiger partial charge in [-0.05, 0) is 42.8 Å². The first-order valence-corrected chi connectivity index (χ1v) is 10.7. The summed E-state index contributed by atoms with van der Waals surface area (Å²) in [5, 5.41) is 2.58. The molecule has 0 aliphatic carbocycles. The van der Waals surface area contributed by atoms with Gasteiger partial charge >= 0.3 is 0 Å². The molecule has 3 rings (SSSR count). The smallest absolute Gasteiger partial charge is 0.257 e. The van der Waals surface area contributed by atoms with Crippen molar-refractivity contribution in [1.82, 2.24) is 0 Å². The first-order chi connectivity index (χ1) is 13.2. The van der Waals surface area contributed by atoms with Crippen LogP contribution in [0, 0.1) is 5.82 Å². The molecule has 0 aromatic heterocycles. The highest BCUT2D eigenvalue weighted by Gasteiger charge is 2.24. The van der Waals surface area contributed by atoms with E-state index in [1.807, 2.05) is 0 Å². The largest absolute Gasteiger partial charge is 0.322 e. The van der Waals surface area contributed by atoms with Gasteiger partial charge in [0.25, 0.3) is 5.91 Å². The number of amides is 2. The van der Waals surface area contributed by atoms with Crippen LogP contribution in [0.2, 0.25) is 5.02 Å². The average molecular weight is 425 g/mol. The Kier molecular flexibility index (Phi) is 5.71. The Bertz CT molecular complexity index is 1060. The summed E-state index contributed by atoms with van der Waals surface area (Å²) in [7, 11) is -3.51. The Hall–Kier alpha value is -2.45. The molecule has 1 fully saturated rings. The SMILES string of the molecule is CCS(=O)(=O)c1ccc(Cl)c(C(=O)Nc2ccc(N3CCCC3=O)c(F)c2)c1. The minimum absolute atomic E-state index is 0.0152. The highest BCUT2D eigenvalue weighted by Crippen LogP contribution is 2.28. The summed E-state index contributed by atoms with van der Waals surface area (Å²) in [4.78, 5) is 25.7. The van der Waals surface area contributed by atoms with E-state index in [2.05, 4.69) is 5.32 Å². The number of benzene rings is 2. The van der Waals surface area contributed by atoms with Crippen molar-refractivity contribution >= 4 is 44.6 Å². The first kappa shape index (κ1) is 20.3. The summed E-state index contributed by atoms with van der Waals surface area (Å²) in [6, 6.07) is 7.88. The molecular formula is C19H18ClFN2O4S. The normalized spacial score (nSPS) is 14.4. The minimum atomic E-state index is -3.51. The lowest BCUT2D eigenvalue weighted by Gasteiger charge is -2.17. The summed E-state index contributed by atoms with van der Waals surface area (Å²) in [5.74, 6) is -1.56. The van der Waals surface area contributed by atoms with Gasteiger partial charge in [0.15, 0.2) is 9.84 Å². The van der Waals surface area contributed by atoms with Crippen molar-refractivity contribution in [2.24, 2.45) is 0 Å². The van der Waals surface area contributed by atoms with Crippen LogP contribution in [-0.2, 0) is 14.6 Å². The lowest BCUT2D eigenvalue weighted by Crippen LogP contribution is -2.24. The fourth-order valence-electron chi connectivity index (χ4n) is 2.94. The number of carbonyl (C=O) groups is 2. The second kappa shape index (κ2) is 7.89. The fraction of sp³-hybridized carbons (Fsp3) is 0.263. The molecule has 0 spiro atoms. The van der Waals surface area contributed by atoms with Crippen molar-refractivity contribution in [3.63, 3.8) is 0 Å².